The number of hydrogen-bond acceptors (Lipinski definition) is 5. The van der Waals surface area contributed by atoms with Gasteiger partial charge in [-0.1, -0.05) is 6.08 Å². The average Bonchev–Trinajstić information content (AvgIpc) is 2.53. The van der Waals surface area contributed by atoms with E-state index in [4.69, 9.17) is 0 Å². The number of halogens is 1. The summed E-state index contributed by atoms with van der Waals surface area (Å²) in [5.74, 6) is -2.26. The zero-order chi connectivity index (χ0) is 16.5. The fourth-order valence-corrected chi connectivity index (χ4v) is 1.57. The minimum Gasteiger partial charge on any atom is -0.467 e. The average molecular weight is 309 g/mol. The summed E-state index contributed by atoms with van der Waals surface area (Å²) < 4.78 is 21.8. The number of rotatable bonds is 6. The van der Waals surface area contributed by atoms with E-state index in [1.807, 2.05) is 0 Å². The Morgan fingerprint density at radius 3 is 2.36 bits per heavy atom. The van der Waals surface area contributed by atoms with Gasteiger partial charge in [-0.15, -0.1) is 0 Å². The van der Waals surface area contributed by atoms with E-state index in [0.717, 1.165) is 18.2 Å². The molecule has 0 unspecified atom stereocenters. The fraction of sp³-hybridized carbons (Fsp3) is 0.267. The smallest absolute Gasteiger partial charge is 0.330 e. The molecule has 6 nitrogen and oxygen atoms in total. The summed E-state index contributed by atoms with van der Waals surface area (Å²) in [6, 6.07) is 3.90. The first-order valence-electron chi connectivity index (χ1n) is 6.36. The Bertz CT molecular complexity index is 568. The van der Waals surface area contributed by atoms with Crippen LogP contribution in [0.3, 0.4) is 0 Å². The Kier molecular flexibility index (Phi) is 6.75. The Hall–Kier alpha value is -2.70. The predicted molar refractivity (Wildman–Crippen MR) is 75.4 cm³/mol. The summed E-state index contributed by atoms with van der Waals surface area (Å²) in [4.78, 5) is 34.6. The molecule has 0 spiro atoms. The standard InChI is InChI=1S/C15H16FNO5/c1-21-13(18)5-3-4-12(15(20)22-2)17-14(19)10-6-8-11(16)9-7-10/h3,5-9,12H,4H2,1-2H3,(H,17,19)/b5-3+/t12-/m0/s1. The van der Waals surface area contributed by atoms with Gasteiger partial charge < -0.3 is 14.8 Å². The molecule has 1 atom stereocenters. The number of esters is 2. The van der Waals surface area contributed by atoms with Crippen molar-refractivity contribution in [3.8, 4) is 0 Å². The summed E-state index contributed by atoms with van der Waals surface area (Å²) in [5.41, 5.74) is 0.201. The molecule has 1 N–H and O–H groups in total. The second kappa shape index (κ2) is 8.56. The van der Waals surface area contributed by atoms with Gasteiger partial charge in [0, 0.05) is 11.6 Å². The van der Waals surface area contributed by atoms with Crippen LogP contribution in [-0.4, -0.2) is 38.1 Å². The van der Waals surface area contributed by atoms with E-state index in [9.17, 15) is 18.8 Å². The molecule has 0 bridgehead atoms. The molecule has 1 rings (SSSR count). The van der Waals surface area contributed by atoms with Crippen LogP contribution >= 0.6 is 0 Å². The maximum Gasteiger partial charge on any atom is 0.330 e. The zero-order valence-electron chi connectivity index (χ0n) is 12.2. The van der Waals surface area contributed by atoms with E-state index >= 15 is 0 Å². The molecule has 1 amide bonds. The summed E-state index contributed by atoms with van der Waals surface area (Å²) in [6.45, 7) is 0. The van der Waals surface area contributed by atoms with Crippen molar-refractivity contribution in [2.75, 3.05) is 14.2 Å². The molecule has 118 valence electrons. The van der Waals surface area contributed by atoms with Crippen molar-refractivity contribution in [3.63, 3.8) is 0 Å². The number of ether oxygens (including phenoxy) is 2. The number of carbonyl (C=O) groups is 3. The van der Waals surface area contributed by atoms with Gasteiger partial charge in [-0.2, -0.15) is 0 Å². The summed E-state index contributed by atoms with van der Waals surface area (Å²) >= 11 is 0. The van der Waals surface area contributed by atoms with Gasteiger partial charge in [0.25, 0.3) is 5.91 Å². The largest absolute Gasteiger partial charge is 0.467 e. The summed E-state index contributed by atoms with van der Waals surface area (Å²) in [5, 5.41) is 2.46. The third-order valence-corrected chi connectivity index (χ3v) is 2.72. The molecule has 0 radical (unpaired) electrons. The Morgan fingerprint density at radius 2 is 1.82 bits per heavy atom. The van der Waals surface area contributed by atoms with Crippen molar-refractivity contribution in [2.24, 2.45) is 0 Å². The van der Waals surface area contributed by atoms with Gasteiger partial charge in [0.2, 0.25) is 0 Å². The van der Waals surface area contributed by atoms with Gasteiger partial charge in [-0.25, -0.2) is 14.0 Å². The number of hydrogen-bond donors (Lipinski definition) is 1. The van der Waals surface area contributed by atoms with Gasteiger partial charge in [0.05, 0.1) is 14.2 Å². The highest BCUT2D eigenvalue weighted by atomic mass is 19.1. The van der Waals surface area contributed by atoms with Gasteiger partial charge in [-0.05, 0) is 30.7 Å². The van der Waals surface area contributed by atoms with E-state index in [-0.39, 0.29) is 12.0 Å². The Morgan fingerprint density at radius 1 is 1.18 bits per heavy atom. The second-order valence-corrected chi connectivity index (χ2v) is 4.22. The lowest BCUT2D eigenvalue weighted by atomic mass is 10.1. The molecule has 22 heavy (non-hydrogen) atoms. The van der Waals surface area contributed by atoms with Crippen LogP contribution in [0.4, 0.5) is 4.39 Å². The van der Waals surface area contributed by atoms with Crippen LogP contribution in [0.5, 0.6) is 0 Å². The van der Waals surface area contributed by atoms with Crippen LogP contribution in [0.15, 0.2) is 36.4 Å². The minimum absolute atomic E-state index is 0.0503. The minimum atomic E-state index is -0.969. The van der Waals surface area contributed by atoms with Crippen LogP contribution in [0, 0.1) is 5.82 Å². The molecule has 0 saturated heterocycles. The van der Waals surface area contributed by atoms with Crippen molar-refractivity contribution >= 4 is 17.8 Å². The molecule has 0 fully saturated rings. The third-order valence-electron chi connectivity index (χ3n) is 2.72. The van der Waals surface area contributed by atoms with Crippen LogP contribution in [0.25, 0.3) is 0 Å². The lowest BCUT2D eigenvalue weighted by Gasteiger charge is -2.14. The number of benzene rings is 1. The zero-order valence-corrected chi connectivity index (χ0v) is 12.2. The summed E-state index contributed by atoms with van der Waals surface area (Å²) in [7, 11) is 2.41. The quantitative estimate of drug-likeness (QED) is 0.631. The highest BCUT2D eigenvalue weighted by Crippen LogP contribution is 2.05. The molecular formula is C15H16FNO5. The number of nitrogens with one attached hydrogen (secondary N) is 1. The molecule has 0 aliphatic rings. The van der Waals surface area contributed by atoms with Crippen LogP contribution in [0.2, 0.25) is 0 Å². The van der Waals surface area contributed by atoms with E-state index in [1.54, 1.807) is 0 Å². The van der Waals surface area contributed by atoms with Crippen molar-refractivity contribution < 1.29 is 28.2 Å². The monoisotopic (exact) mass is 309 g/mol. The first-order valence-corrected chi connectivity index (χ1v) is 6.36. The second-order valence-electron chi connectivity index (χ2n) is 4.22. The first-order chi connectivity index (χ1) is 10.5. The summed E-state index contributed by atoms with van der Waals surface area (Å²) in [6.07, 6.45) is 2.58. The van der Waals surface area contributed by atoms with Crippen molar-refractivity contribution in [2.45, 2.75) is 12.5 Å². The Balaban J connectivity index is 2.74. The van der Waals surface area contributed by atoms with Crippen LogP contribution in [-0.2, 0) is 19.1 Å². The molecule has 0 aromatic heterocycles. The highest BCUT2D eigenvalue weighted by Gasteiger charge is 2.21. The number of amides is 1. The van der Waals surface area contributed by atoms with Crippen molar-refractivity contribution in [3.05, 3.63) is 47.8 Å². The lowest BCUT2D eigenvalue weighted by Crippen LogP contribution is -2.41. The molecular weight excluding hydrogens is 293 g/mol. The molecule has 0 aliphatic carbocycles. The van der Waals surface area contributed by atoms with E-state index in [2.05, 4.69) is 14.8 Å². The predicted octanol–water partition coefficient (Wildman–Crippen LogP) is 1.22. The maximum atomic E-state index is 12.8. The van der Waals surface area contributed by atoms with Crippen molar-refractivity contribution in [1.29, 1.82) is 0 Å². The van der Waals surface area contributed by atoms with Gasteiger partial charge in [0.15, 0.2) is 0 Å². The normalized spacial score (nSPS) is 11.8. The topological polar surface area (TPSA) is 81.7 Å². The SMILES string of the molecule is COC(=O)/C=C/C[C@H](NC(=O)c1ccc(F)cc1)C(=O)OC. The maximum absolute atomic E-state index is 12.8. The number of carbonyl (C=O) groups excluding carboxylic acids is 3. The molecule has 0 heterocycles. The highest BCUT2D eigenvalue weighted by molar-refractivity contribution is 5.96. The molecule has 7 heteroatoms. The molecule has 0 saturated carbocycles. The van der Waals surface area contributed by atoms with E-state index < -0.39 is 29.7 Å². The van der Waals surface area contributed by atoms with Crippen LogP contribution in [0.1, 0.15) is 16.8 Å². The third kappa shape index (κ3) is 5.35. The number of methoxy groups -OCH3 is 2. The van der Waals surface area contributed by atoms with Crippen LogP contribution < -0.4 is 5.32 Å². The van der Waals surface area contributed by atoms with E-state index in [0.29, 0.717) is 0 Å². The van der Waals surface area contributed by atoms with Crippen molar-refractivity contribution in [1.82, 2.24) is 5.32 Å². The fourth-order valence-electron chi connectivity index (χ4n) is 1.57. The Labute approximate surface area is 126 Å². The van der Waals surface area contributed by atoms with E-state index in [1.165, 1.54) is 32.4 Å². The van der Waals surface area contributed by atoms with Gasteiger partial charge in [0.1, 0.15) is 11.9 Å². The molecule has 1 aromatic carbocycles. The molecule has 1 aromatic rings. The van der Waals surface area contributed by atoms with Gasteiger partial charge >= 0.3 is 11.9 Å². The molecule has 0 aliphatic heterocycles. The lowest BCUT2D eigenvalue weighted by molar-refractivity contribution is -0.143. The first kappa shape index (κ1) is 17.4. The van der Waals surface area contributed by atoms with Gasteiger partial charge in [-0.3, -0.25) is 4.79 Å².